The van der Waals surface area contributed by atoms with Crippen LogP contribution in [0.4, 0.5) is 0 Å². The van der Waals surface area contributed by atoms with Crippen molar-refractivity contribution in [2.45, 2.75) is 57.1 Å². The molecule has 0 aromatic carbocycles. The number of carbonyl (C=O) groups is 2. The number of aliphatic carboxylic acids is 1. The molecule has 1 amide bonds. The lowest BCUT2D eigenvalue weighted by Crippen LogP contribution is -2.58. The van der Waals surface area contributed by atoms with Gasteiger partial charge < -0.3 is 15.2 Å². The molecule has 1 saturated heterocycles. The summed E-state index contributed by atoms with van der Waals surface area (Å²) < 4.78 is 5.30. The second-order valence-corrected chi connectivity index (χ2v) is 5.56. The SMILES string of the molecule is CC1CCC(NC(=O)C2CCCO2)(C(=O)O)CC1. The van der Waals surface area contributed by atoms with E-state index in [9.17, 15) is 14.7 Å². The van der Waals surface area contributed by atoms with Crippen LogP contribution >= 0.6 is 0 Å². The van der Waals surface area contributed by atoms with E-state index in [1.807, 2.05) is 0 Å². The summed E-state index contributed by atoms with van der Waals surface area (Å²) in [6.45, 7) is 2.71. The number of carboxylic acid groups (broad SMARTS) is 1. The number of carbonyl (C=O) groups excluding carboxylic acids is 1. The largest absolute Gasteiger partial charge is 0.480 e. The molecule has 0 spiro atoms. The third kappa shape index (κ3) is 2.66. The van der Waals surface area contributed by atoms with E-state index < -0.39 is 17.6 Å². The van der Waals surface area contributed by atoms with E-state index >= 15 is 0 Å². The molecule has 1 aliphatic carbocycles. The molecule has 1 saturated carbocycles. The van der Waals surface area contributed by atoms with Crippen molar-refractivity contribution < 1.29 is 19.4 Å². The predicted molar refractivity (Wildman–Crippen MR) is 65.1 cm³/mol. The van der Waals surface area contributed by atoms with E-state index in [-0.39, 0.29) is 5.91 Å². The van der Waals surface area contributed by atoms with Crippen molar-refractivity contribution in [2.75, 3.05) is 6.61 Å². The molecule has 102 valence electrons. The molecule has 1 atom stereocenters. The molecule has 1 aliphatic heterocycles. The van der Waals surface area contributed by atoms with Crippen molar-refractivity contribution in [2.24, 2.45) is 5.92 Å². The summed E-state index contributed by atoms with van der Waals surface area (Å²) in [5.74, 6) is -0.637. The Morgan fingerprint density at radius 2 is 1.94 bits per heavy atom. The fourth-order valence-corrected chi connectivity index (χ4v) is 2.75. The minimum absolute atomic E-state index is 0.260. The maximum Gasteiger partial charge on any atom is 0.329 e. The van der Waals surface area contributed by atoms with Gasteiger partial charge in [-0.25, -0.2) is 4.79 Å². The highest BCUT2D eigenvalue weighted by molar-refractivity contribution is 5.89. The van der Waals surface area contributed by atoms with Crippen LogP contribution in [0.5, 0.6) is 0 Å². The Bertz CT molecular complexity index is 328. The Hall–Kier alpha value is -1.10. The smallest absolute Gasteiger partial charge is 0.329 e. The zero-order valence-electron chi connectivity index (χ0n) is 10.8. The number of hydrogen-bond acceptors (Lipinski definition) is 3. The van der Waals surface area contributed by atoms with Crippen LogP contribution in [0.3, 0.4) is 0 Å². The Morgan fingerprint density at radius 1 is 1.28 bits per heavy atom. The summed E-state index contributed by atoms with van der Waals surface area (Å²) in [7, 11) is 0. The second kappa shape index (κ2) is 5.26. The molecule has 0 radical (unpaired) electrons. The van der Waals surface area contributed by atoms with Gasteiger partial charge in [0.15, 0.2) is 0 Å². The van der Waals surface area contributed by atoms with Gasteiger partial charge >= 0.3 is 5.97 Å². The zero-order valence-corrected chi connectivity index (χ0v) is 10.8. The quantitative estimate of drug-likeness (QED) is 0.797. The molecule has 0 bridgehead atoms. The summed E-state index contributed by atoms with van der Waals surface area (Å²) in [6, 6.07) is 0. The first kappa shape index (κ1) is 13.3. The summed E-state index contributed by atoms with van der Waals surface area (Å²) in [4.78, 5) is 23.5. The summed E-state index contributed by atoms with van der Waals surface area (Å²) in [6.07, 6.45) is 3.83. The second-order valence-electron chi connectivity index (χ2n) is 5.56. The molecule has 0 aromatic heterocycles. The number of nitrogens with one attached hydrogen (secondary N) is 1. The molecular weight excluding hydrogens is 234 g/mol. The predicted octanol–water partition coefficient (Wildman–Crippen LogP) is 1.32. The van der Waals surface area contributed by atoms with Crippen LogP contribution in [0.1, 0.15) is 45.4 Å². The van der Waals surface area contributed by atoms with Crippen LogP contribution < -0.4 is 5.32 Å². The van der Waals surface area contributed by atoms with Gasteiger partial charge in [0.25, 0.3) is 0 Å². The van der Waals surface area contributed by atoms with Gasteiger partial charge in [0.2, 0.25) is 5.91 Å². The summed E-state index contributed by atoms with van der Waals surface area (Å²) >= 11 is 0. The molecule has 18 heavy (non-hydrogen) atoms. The van der Waals surface area contributed by atoms with Crippen LogP contribution in [0.25, 0.3) is 0 Å². The summed E-state index contributed by atoms with van der Waals surface area (Å²) in [5.41, 5.74) is -1.07. The maximum atomic E-state index is 12.0. The minimum Gasteiger partial charge on any atom is -0.480 e. The number of amides is 1. The fraction of sp³-hybridized carbons (Fsp3) is 0.846. The van der Waals surface area contributed by atoms with Gasteiger partial charge in [-0.05, 0) is 44.4 Å². The van der Waals surface area contributed by atoms with Gasteiger partial charge in [0.05, 0.1) is 0 Å². The average molecular weight is 255 g/mol. The van der Waals surface area contributed by atoms with E-state index in [1.165, 1.54) is 0 Å². The van der Waals surface area contributed by atoms with Crippen LogP contribution in [0.15, 0.2) is 0 Å². The Balaban J connectivity index is 2.01. The maximum absolute atomic E-state index is 12.0. The van der Waals surface area contributed by atoms with Crippen molar-refractivity contribution in [3.63, 3.8) is 0 Å². The highest BCUT2D eigenvalue weighted by atomic mass is 16.5. The van der Waals surface area contributed by atoms with E-state index in [4.69, 9.17) is 4.74 Å². The molecule has 2 N–H and O–H groups in total. The first-order chi connectivity index (χ1) is 8.53. The van der Waals surface area contributed by atoms with Gasteiger partial charge in [0, 0.05) is 6.61 Å². The van der Waals surface area contributed by atoms with Gasteiger partial charge in [0.1, 0.15) is 11.6 Å². The summed E-state index contributed by atoms with van der Waals surface area (Å²) in [5, 5.41) is 12.1. The molecule has 1 unspecified atom stereocenters. The standard InChI is InChI=1S/C13H21NO4/c1-9-4-6-13(7-5-9,12(16)17)14-11(15)10-3-2-8-18-10/h9-10H,2-8H2,1H3,(H,14,15)(H,16,17). The van der Waals surface area contributed by atoms with Crippen molar-refractivity contribution in [3.8, 4) is 0 Å². The minimum atomic E-state index is -1.07. The highest BCUT2D eigenvalue weighted by Crippen LogP contribution is 2.32. The van der Waals surface area contributed by atoms with Crippen molar-refractivity contribution >= 4 is 11.9 Å². The Kier molecular flexibility index (Phi) is 3.90. The van der Waals surface area contributed by atoms with Crippen LogP contribution in [0, 0.1) is 5.92 Å². The fourth-order valence-electron chi connectivity index (χ4n) is 2.75. The Morgan fingerprint density at radius 3 is 2.44 bits per heavy atom. The normalized spacial score (nSPS) is 36.3. The van der Waals surface area contributed by atoms with E-state index in [1.54, 1.807) is 0 Å². The van der Waals surface area contributed by atoms with Gasteiger partial charge in [-0.1, -0.05) is 6.92 Å². The number of hydrogen-bond donors (Lipinski definition) is 2. The molecule has 5 nitrogen and oxygen atoms in total. The zero-order chi connectivity index (χ0) is 13.2. The molecule has 2 aliphatic rings. The van der Waals surface area contributed by atoms with Crippen LogP contribution in [-0.2, 0) is 14.3 Å². The molecule has 5 heteroatoms. The lowest BCUT2D eigenvalue weighted by atomic mass is 9.77. The number of rotatable bonds is 3. The molecule has 0 aromatic rings. The van der Waals surface area contributed by atoms with E-state index in [2.05, 4.69) is 12.2 Å². The van der Waals surface area contributed by atoms with Crippen molar-refractivity contribution in [1.29, 1.82) is 0 Å². The Labute approximate surface area is 107 Å². The monoisotopic (exact) mass is 255 g/mol. The van der Waals surface area contributed by atoms with Crippen molar-refractivity contribution in [3.05, 3.63) is 0 Å². The molecule has 1 heterocycles. The molecule has 2 fully saturated rings. The molecular formula is C13H21NO4. The van der Waals surface area contributed by atoms with Gasteiger partial charge in [-0.3, -0.25) is 4.79 Å². The molecule has 2 rings (SSSR count). The lowest BCUT2D eigenvalue weighted by Gasteiger charge is -2.37. The third-order valence-corrected chi connectivity index (χ3v) is 4.12. The number of ether oxygens (including phenoxy) is 1. The van der Waals surface area contributed by atoms with E-state index in [0.717, 1.165) is 19.3 Å². The van der Waals surface area contributed by atoms with Gasteiger partial charge in [-0.15, -0.1) is 0 Å². The third-order valence-electron chi connectivity index (χ3n) is 4.12. The average Bonchev–Trinajstić information content (AvgIpc) is 2.85. The van der Waals surface area contributed by atoms with E-state index in [0.29, 0.717) is 31.8 Å². The van der Waals surface area contributed by atoms with Gasteiger partial charge in [-0.2, -0.15) is 0 Å². The first-order valence-corrected chi connectivity index (χ1v) is 6.70. The lowest BCUT2D eigenvalue weighted by molar-refractivity contribution is -0.151. The van der Waals surface area contributed by atoms with Crippen LogP contribution in [0.2, 0.25) is 0 Å². The van der Waals surface area contributed by atoms with Crippen molar-refractivity contribution in [1.82, 2.24) is 5.32 Å². The highest BCUT2D eigenvalue weighted by Gasteiger charge is 2.43. The first-order valence-electron chi connectivity index (χ1n) is 6.70. The topological polar surface area (TPSA) is 75.6 Å². The number of carboxylic acids is 1. The van der Waals surface area contributed by atoms with Crippen LogP contribution in [-0.4, -0.2) is 35.2 Å².